The van der Waals surface area contributed by atoms with E-state index in [1.54, 1.807) is 12.1 Å². The second-order valence-corrected chi connectivity index (χ2v) is 7.14. The van der Waals surface area contributed by atoms with Crippen LogP contribution in [0, 0.1) is 0 Å². The predicted molar refractivity (Wildman–Crippen MR) is 76.7 cm³/mol. The number of benzene rings is 1. The van der Waals surface area contributed by atoms with Crippen molar-refractivity contribution in [2.75, 3.05) is 13.1 Å². The van der Waals surface area contributed by atoms with Crippen molar-refractivity contribution in [3.8, 4) is 0 Å². The van der Waals surface area contributed by atoms with E-state index in [9.17, 15) is 8.42 Å². The minimum atomic E-state index is -3.38. The van der Waals surface area contributed by atoms with Crippen molar-refractivity contribution in [1.29, 1.82) is 0 Å². The highest BCUT2D eigenvalue weighted by Crippen LogP contribution is 2.17. The van der Waals surface area contributed by atoms with Crippen molar-refractivity contribution < 1.29 is 8.42 Å². The van der Waals surface area contributed by atoms with Gasteiger partial charge < -0.3 is 5.32 Å². The monoisotopic (exact) mass is 282 g/mol. The lowest BCUT2D eigenvalue weighted by Crippen LogP contribution is -2.37. The van der Waals surface area contributed by atoms with Gasteiger partial charge in [0, 0.05) is 12.6 Å². The predicted octanol–water partition coefficient (Wildman–Crippen LogP) is 1.84. The zero-order valence-corrected chi connectivity index (χ0v) is 12.3. The van der Waals surface area contributed by atoms with E-state index in [-0.39, 0.29) is 6.04 Å². The lowest BCUT2D eigenvalue weighted by molar-refractivity contribution is 0.552. The quantitative estimate of drug-likeness (QED) is 0.866. The zero-order valence-electron chi connectivity index (χ0n) is 11.5. The van der Waals surface area contributed by atoms with Crippen molar-refractivity contribution in [2.45, 2.75) is 43.5 Å². The average Bonchev–Trinajstić information content (AvgIpc) is 2.90. The summed E-state index contributed by atoms with van der Waals surface area (Å²) in [4.78, 5) is 0.342. The Labute approximate surface area is 115 Å². The third-order valence-electron chi connectivity index (χ3n) is 3.54. The van der Waals surface area contributed by atoms with Crippen LogP contribution >= 0.6 is 0 Å². The summed E-state index contributed by atoms with van der Waals surface area (Å²) in [6, 6.07) is 7.39. The van der Waals surface area contributed by atoms with E-state index in [1.807, 2.05) is 12.1 Å². The molecule has 0 spiro atoms. The van der Waals surface area contributed by atoms with Gasteiger partial charge in [0.15, 0.2) is 0 Å². The molecule has 1 aromatic rings. The molecule has 4 nitrogen and oxygen atoms in total. The van der Waals surface area contributed by atoms with Crippen LogP contribution in [0.2, 0.25) is 0 Å². The number of hydrogen-bond acceptors (Lipinski definition) is 3. The van der Waals surface area contributed by atoms with Crippen LogP contribution in [0.3, 0.4) is 0 Å². The van der Waals surface area contributed by atoms with Gasteiger partial charge in [-0.2, -0.15) is 0 Å². The number of nitrogens with one attached hydrogen (secondary N) is 2. The molecule has 1 atom stereocenters. The summed E-state index contributed by atoms with van der Waals surface area (Å²) in [6.07, 6.45) is 2.16. The first kappa shape index (κ1) is 14.5. The molecular formula is C14H22N2O2S. The largest absolute Gasteiger partial charge is 0.313 e. The Balaban J connectivity index is 2.01. The van der Waals surface area contributed by atoms with E-state index in [4.69, 9.17) is 0 Å². The molecule has 1 fully saturated rings. The highest BCUT2D eigenvalue weighted by molar-refractivity contribution is 7.89. The Bertz CT molecular complexity index is 503. The Hall–Kier alpha value is -0.910. The van der Waals surface area contributed by atoms with E-state index in [1.165, 1.54) is 0 Å². The van der Waals surface area contributed by atoms with Crippen molar-refractivity contribution in [3.05, 3.63) is 29.8 Å². The summed E-state index contributed by atoms with van der Waals surface area (Å²) in [5.74, 6) is 0.410. The van der Waals surface area contributed by atoms with Crippen LogP contribution in [0.15, 0.2) is 29.2 Å². The van der Waals surface area contributed by atoms with Crippen molar-refractivity contribution in [1.82, 2.24) is 10.0 Å². The average molecular weight is 282 g/mol. The Morgan fingerprint density at radius 3 is 2.53 bits per heavy atom. The van der Waals surface area contributed by atoms with Gasteiger partial charge in [-0.1, -0.05) is 26.0 Å². The van der Waals surface area contributed by atoms with E-state index < -0.39 is 10.0 Å². The summed E-state index contributed by atoms with van der Waals surface area (Å²) in [6.45, 7) is 5.63. The molecule has 1 aliphatic heterocycles. The summed E-state index contributed by atoms with van der Waals surface area (Å²) >= 11 is 0. The Morgan fingerprint density at radius 2 is 2.00 bits per heavy atom. The molecule has 0 aromatic heterocycles. The van der Waals surface area contributed by atoms with Crippen molar-refractivity contribution in [3.63, 3.8) is 0 Å². The van der Waals surface area contributed by atoms with Gasteiger partial charge >= 0.3 is 0 Å². The molecule has 0 saturated carbocycles. The van der Waals surface area contributed by atoms with Crippen LogP contribution < -0.4 is 10.0 Å². The van der Waals surface area contributed by atoms with E-state index in [2.05, 4.69) is 23.9 Å². The summed E-state index contributed by atoms with van der Waals surface area (Å²) in [5.41, 5.74) is 1.15. The fraction of sp³-hybridized carbons (Fsp3) is 0.571. The highest BCUT2D eigenvalue weighted by atomic mass is 32.2. The molecule has 1 saturated heterocycles. The third-order valence-corrected chi connectivity index (χ3v) is 4.98. The van der Waals surface area contributed by atoms with Crippen molar-refractivity contribution >= 4 is 10.0 Å². The fourth-order valence-electron chi connectivity index (χ4n) is 2.26. The van der Waals surface area contributed by atoms with Gasteiger partial charge in [0.05, 0.1) is 4.90 Å². The molecule has 106 valence electrons. The Morgan fingerprint density at radius 1 is 1.32 bits per heavy atom. The van der Waals surface area contributed by atoms with Gasteiger partial charge in [0.1, 0.15) is 0 Å². The normalized spacial score (nSPS) is 20.1. The van der Waals surface area contributed by atoms with E-state index in [0.717, 1.165) is 24.9 Å². The standard InChI is InChI=1S/C14H22N2O2S/c1-11(2)12-5-7-14(8-6-12)19(17,18)16-10-13-4-3-9-15-13/h5-8,11,13,15-16H,3-4,9-10H2,1-2H3. The maximum atomic E-state index is 12.1. The molecule has 0 bridgehead atoms. The van der Waals surface area contributed by atoms with Gasteiger partial charge in [-0.25, -0.2) is 13.1 Å². The maximum absolute atomic E-state index is 12.1. The molecule has 1 aliphatic rings. The molecule has 1 aromatic carbocycles. The van der Waals surface area contributed by atoms with Crippen LogP contribution in [0.5, 0.6) is 0 Å². The first-order valence-electron chi connectivity index (χ1n) is 6.82. The summed E-state index contributed by atoms with van der Waals surface area (Å²) < 4.78 is 26.9. The topological polar surface area (TPSA) is 58.2 Å². The molecule has 1 heterocycles. The number of sulfonamides is 1. The van der Waals surface area contributed by atoms with Crippen molar-refractivity contribution in [2.24, 2.45) is 0 Å². The SMILES string of the molecule is CC(C)c1ccc(S(=O)(=O)NCC2CCCN2)cc1. The van der Waals surface area contributed by atoms with Gasteiger partial charge in [-0.05, 0) is 43.0 Å². The summed E-state index contributed by atoms with van der Waals surface area (Å²) in [7, 11) is -3.38. The van der Waals surface area contributed by atoms with Crippen LogP contribution in [0.1, 0.15) is 38.2 Å². The van der Waals surface area contributed by atoms with Gasteiger partial charge in [0.2, 0.25) is 10.0 Å². The molecule has 0 aliphatic carbocycles. The molecule has 19 heavy (non-hydrogen) atoms. The molecule has 5 heteroatoms. The van der Waals surface area contributed by atoms with Crippen LogP contribution in [0.4, 0.5) is 0 Å². The highest BCUT2D eigenvalue weighted by Gasteiger charge is 2.19. The first-order valence-corrected chi connectivity index (χ1v) is 8.30. The van der Waals surface area contributed by atoms with Crippen LogP contribution in [-0.2, 0) is 10.0 Å². The molecule has 2 rings (SSSR count). The third kappa shape index (κ3) is 3.78. The smallest absolute Gasteiger partial charge is 0.240 e. The van der Waals surface area contributed by atoms with Gasteiger partial charge in [0.25, 0.3) is 0 Å². The number of rotatable bonds is 5. The second-order valence-electron chi connectivity index (χ2n) is 5.37. The molecule has 2 N–H and O–H groups in total. The summed E-state index contributed by atoms with van der Waals surface area (Å²) in [5, 5.41) is 3.28. The fourth-order valence-corrected chi connectivity index (χ4v) is 3.34. The molecule has 0 radical (unpaired) electrons. The molecule has 1 unspecified atom stereocenters. The lowest BCUT2D eigenvalue weighted by Gasteiger charge is -2.12. The minimum Gasteiger partial charge on any atom is -0.313 e. The second kappa shape index (κ2) is 6.03. The Kier molecular flexibility index (Phi) is 4.60. The van der Waals surface area contributed by atoms with Gasteiger partial charge in [-0.3, -0.25) is 0 Å². The minimum absolute atomic E-state index is 0.268. The zero-order chi connectivity index (χ0) is 13.9. The maximum Gasteiger partial charge on any atom is 0.240 e. The number of hydrogen-bond donors (Lipinski definition) is 2. The van der Waals surface area contributed by atoms with E-state index in [0.29, 0.717) is 17.4 Å². The van der Waals surface area contributed by atoms with Gasteiger partial charge in [-0.15, -0.1) is 0 Å². The molecular weight excluding hydrogens is 260 g/mol. The lowest BCUT2D eigenvalue weighted by atomic mass is 10.0. The first-order chi connectivity index (χ1) is 8.99. The van der Waals surface area contributed by atoms with Crippen LogP contribution in [-0.4, -0.2) is 27.5 Å². The molecule has 0 amide bonds. The van der Waals surface area contributed by atoms with E-state index >= 15 is 0 Å². The van der Waals surface area contributed by atoms with Crippen LogP contribution in [0.25, 0.3) is 0 Å².